The summed E-state index contributed by atoms with van der Waals surface area (Å²) in [7, 11) is 0. The molecule has 0 unspecified atom stereocenters. The molecule has 0 saturated carbocycles. The Hall–Kier alpha value is -0.710. The van der Waals surface area contributed by atoms with E-state index < -0.39 is 0 Å². The van der Waals surface area contributed by atoms with E-state index in [9.17, 15) is 0 Å². The molecule has 0 atom stereocenters. The number of rotatable bonds is 2. The van der Waals surface area contributed by atoms with Crippen LogP contribution in [0.15, 0.2) is 12.4 Å². The second-order valence-corrected chi connectivity index (χ2v) is 3.10. The van der Waals surface area contributed by atoms with E-state index in [0.717, 1.165) is 5.56 Å². The van der Waals surface area contributed by atoms with Crippen LogP contribution in [0.5, 0.6) is 0 Å². The molecule has 1 aromatic heterocycles. The fourth-order valence-electron chi connectivity index (χ4n) is 0.874. The van der Waals surface area contributed by atoms with Gasteiger partial charge in [0, 0.05) is 18.8 Å². The van der Waals surface area contributed by atoms with Gasteiger partial charge in [-0.2, -0.15) is 0 Å². The van der Waals surface area contributed by atoms with Crippen LogP contribution in [0.25, 0.3) is 0 Å². The van der Waals surface area contributed by atoms with Crippen molar-refractivity contribution in [2.45, 2.75) is 12.8 Å². The summed E-state index contributed by atoms with van der Waals surface area (Å²) in [4.78, 5) is 3.84. The van der Waals surface area contributed by atoms with Crippen molar-refractivity contribution in [2.24, 2.45) is 0 Å². The minimum atomic E-state index is 0.581. The van der Waals surface area contributed by atoms with Crippen LogP contribution in [0.3, 0.4) is 0 Å². The molecule has 0 radical (unpaired) electrons. The van der Waals surface area contributed by atoms with E-state index >= 15 is 0 Å². The van der Waals surface area contributed by atoms with Gasteiger partial charge in [-0.05, 0) is 12.0 Å². The predicted molar refractivity (Wildman–Crippen MR) is 51.4 cm³/mol. The Morgan fingerprint density at radius 2 is 1.92 bits per heavy atom. The van der Waals surface area contributed by atoms with Crippen LogP contribution in [0, 0.1) is 12.3 Å². The second kappa shape index (κ2) is 4.35. The Balaban J connectivity index is 2.90. The van der Waals surface area contributed by atoms with Crippen LogP contribution in [-0.4, -0.2) is 4.98 Å². The van der Waals surface area contributed by atoms with E-state index in [1.807, 2.05) is 0 Å². The number of halogens is 2. The maximum Gasteiger partial charge on any atom is 0.0636 e. The summed E-state index contributed by atoms with van der Waals surface area (Å²) in [6.45, 7) is 0. The normalized spacial score (nSPS) is 9.42. The molecule has 1 nitrogen and oxygen atoms in total. The van der Waals surface area contributed by atoms with Crippen molar-refractivity contribution in [3.05, 3.63) is 28.0 Å². The van der Waals surface area contributed by atoms with Crippen molar-refractivity contribution in [3.63, 3.8) is 0 Å². The monoisotopic (exact) mass is 199 g/mol. The van der Waals surface area contributed by atoms with Crippen molar-refractivity contribution < 1.29 is 0 Å². The number of hydrogen-bond acceptors (Lipinski definition) is 1. The number of terminal acetylenes is 1. The molecular formula is C9H7Cl2N. The fourth-order valence-corrected chi connectivity index (χ4v) is 1.43. The molecule has 0 saturated heterocycles. The molecule has 0 amide bonds. The van der Waals surface area contributed by atoms with Crippen LogP contribution in [0.2, 0.25) is 10.0 Å². The minimum Gasteiger partial charge on any atom is -0.262 e. The van der Waals surface area contributed by atoms with Gasteiger partial charge in [0.15, 0.2) is 0 Å². The summed E-state index contributed by atoms with van der Waals surface area (Å²) in [5.41, 5.74) is 0.881. The maximum absolute atomic E-state index is 5.85. The van der Waals surface area contributed by atoms with Crippen LogP contribution in [-0.2, 0) is 6.42 Å². The molecular weight excluding hydrogens is 193 g/mol. The third-order valence-corrected chi connectivity index (χ3v) is 2.12. The molecule has 0 N–H and O–H groups in total. The highest BCUT2D eigenvalue weighted by atomic mass is 35.5. The summed E-state index contributed by atoms with van der Waals surface area (Å²) in [5, 5.41) is 1.16. The first-order valence-electron chi connectivity index (χ1n) is 3.47. The van der Waals surface area contributed by atoms with E-state index in [0.29, 0.717) is 22.9 Å². The zero-order valence-corrected chi connectivity index (χ0v) is 7.86. The van der Waals surface area contributed by atoms with Crippen molar-refractivity contribution >= 4 is 23.2 Å². The molecule has 0 aliphatic rings. The first-order chi connectivity index (χ1) is 5.75. The molecule has 0 aliphatic heterocycles. The topological polar surface area (TPSA) is 12.9 Å². The summed E-state index contributed by atoms with van der Waals surface area (Å²) in [6.07, 6.45) is 9.61. The Morgan fingerprint density at radius 1 is 1.33 bits per heavy atom. The molecule has 0 aliphatic carbocycles. The quantitative estimate of drug-likeness (QED) is 0.668. The molecule has 12 heavy (non-hydrogen) atoms. The van der Waals surface area contributed by atoms with Crippen LogP contribution >= 0.6 is 23.2 Å². The van der Waals surface area contributed by atoms with Gasteiger partial charge in [0.2, 0.25) is 0 Å². The molecule has 0 bridgehead atoms. The Bertz CT molecular complexity index is 295. The van der Waals surface area contributed by atoms with Gasteiger partial charge in [-0.1, -0.05) is 23.2 Å². The average Bonchev–Trinajstić information content (AvgIpc) is 2.04. The highest BCUT2D eigenvalue weighted by Crippen LogP contribution is 2.23. The zero-order valence-electron chi connectivity index (χ0n) is 6.35. The van der Waals surface area contributed by atoms with E-state index in [1.165, 1.54) is 0 Å². The van der Waals surface area contributed by atoms with E-state index in [2.05, 4.69) is 10.9 Å². The highest BCUT2D eigenvalue weighted by Gasteiger charge is 2.04. The van der Waals surface area contributed by atoms with Crippen molar-refractivity contribution in [3.8, 4) is 12.3 Å². The second-order valence-electron chi connectivity index (χ2n) is 2.29. The highest BCUT2D eigenvalue weighted by molar-refractivity contribution is 6.35. The molecule has 1 heterocycles. The SMILES string of the molecule is C#CCCc1c(Cl)cncc1Cl. The van der Waals surface area contributed by atoms with Gasteiger partial charge in [-0.15, -0.1) is 12.3 Å². The molecule has 62 valence electrons. The van der Waals surface area contributed by atoms with Gasteiger partial charge >= 0.3 is 0 Å². The van der Waals surface area contributed by atoms with Gasteiger partial charge in [-0.3, -0.25) is 4.98 Å². The number of nitrogens with zero attached hydrogens (tertiary/aromatic N) is 1. The lowest BCUT2D eigenvalue weighted by Gasteiger charge is -2.02. The van der Waals surface area contributed by atoms with E-state index in [-0.39, 0.29) is 0 Å². The molecule has 3 heteroatoms. The summed E-state index contributed by atoms with van der Waals surface area (Å²) in [5.74, 6) is 2.53. The largest absolute Gasteiger partial charge is 0.262 e. The molecule has 0 spiro atoms. The number of aromatic nitrogens is 1. The predicted octanol–water partition coefficient (Wildman–Crippen LogP) is 2.95. The molecule has 0 aromatic carbocycles. The summed E-state index contributed by atoms with van der Waals surface area (Å²) < 4.78 is 0. The first kappa shape index (κ1) is 9.38. The maximum atomic E-state index is 5.85. The standard InChI is InChI=1S/C9H7Cl2N/c1-2-3-4-7-8(10)5-12-6-9(7)11/h1,5-6H,3-4H2. The molecule has 0 fully saturated rings. The van der Waals surface area contributed by atoms with Gasteiger partial charge in [0.05, 0.1) is 10.0 Å². The Morgan fingerprint density at radius 3 is 2.42 bits per heavy atom. The van der Waals surface area contributed by atoms with Gasteiger partial charge in [0.25, 0.3) is 0 Å². The van der Waals surface area contributed by atoms with Crippen LogP contribution < -0.4 is 0 Å². The van der Waals surface area contributed by atoms with Gasteiger partial charge < -0.3 is 0 Å². The first-order valence-corrected chi connectivity index (χ1v) is 4.22. The molecule has 1 rings (SSSR count). The average molecular weight is 200 g/mol. The van der Waals surface area contributed by atoms with Gasteiger partial charge in [0.1, 0.15) is 0 Å². The van der Waals surface area contributed by atoms with Crippen molar-refractivity contribution in [1.29, 1.82) is 0 Å². The Kier molecular flexibility index (Phi) is 3.40. The van der Waals surface area contributed by atoms with E-state index in [4.69, 9.17) is 29.6 Å². The lowest BCUT2D eigenvalue weighted by Crippen LogP contribution is -1.88. The summed E-state index contributed by atoms with van der Waals surface area (Å²) >= 11 is 11.7. The van der Waals surface area contributed by atoms with E-state index in [1.54, 1.807) is 12.4 Å². The third kappa shape index (κ3) is 2.14. The van der Waals surface area contributed by atoms with Crippen LogP contribution in [0.4, 0.5) is 0 Å². The third-order valence-electron chi connectivity index (χ3n) is 1.47. The lowest BCUT2D eigenvalue weighted by molar-refractivity contribution is 1.02. The Labute approximate surface area is 81.7 Å². The smallest absolute Gasteiger partial charge is 0.0636 e. The lowest BCUT2D eigenvalue weighted by atomic mass is 10.1. The molecule has 1 aromatic rings. The van der Waals surface area contributed by atoms with Gasteiger partial charge in [-0.25, -0.2) is 0 Å². The van der Waals surface area contributed by atoms with Crippen molar-refractivity contribution in [2.75, 3.05) is 0 Å². The summed E-state index contributed by atoms with van der Waals surface area (Å²) in [6, 6.07) is 0. The van der Waals surface area contributed by atoms with Crippen LogP contribution in [0.1, 0.15) is 12.0 Å². The zero-order chi connectivity index (χ0) is 8.97. The fraction of sp³-hybridized carbons (Fsp3) is 0.222. The minimum absolute atomic E-state index is 0.581. The number of hydrogen-bond donors (Lipinski definition) is 0. The van der Waals surface area contributed by atoms with Crippen molar-refractivity contribution in [1.82, 2.24) is 4.98 Å². The number of pyridine rings is 1.